The van der Waals surface area contributed by atoms with Crippen molar-refractivity contribution in [3.05, 3.63) is 0 Å². The van der Waals surface area contributed by atoms with E-state index in [1.54, 1.807) is 0 Å². The standard InChI is InChI=1S/C14H27N3O3S/c1-4-16(5-2)8-6-7-11(3)15-14(20)17-10-21-9-12(17)13(18)19/h11-12H,4-10H2,1-3H3,(H,15,20)(H,18,19). The first kappa shape index (κ1) is 18.1. The number of thioether (sulfide) groups is 1. The number of urea groups is 1. The molecule has 0 radical (unpaired) electrons. The third kappa shape index (κ3) is 5.74. The summed E-state index contributed by atoms with van der Waals surface area (Å²) in [6, 6.07) is -0.895. The summed E-state index contributed by atoms with van der Waals surface area (Å²) in [4.78, 5) is 26.9. The number of carbonyl (C=O) groups is 2. The molecule has 1 aliphatic heterocycles. The van der Waals surface area contributed by atoms with Gasteiger partial charge in [-0.15, -0.1) is 11.8 Å². The van der Waals surface area contributed by atoms with Crippen LogP contribution < -0.4 is 5.32 Å². The van der Waals surface area contributed by atoms with E-state index in [9.17, 15) is 9.59 Å². The zero-order chi connectivity index (χ0) is 15.8. The van der Waals surface area contributed by atoms with Crippen molar-refractivity contribution in [1.29, 1.82) is 0 Å². The maximum atomic E-state index is 12.1. The second kappa shape index (κ2) is 9.15. The fourth-order valence-electron chi connectivity index (χ4n) is 2.37. The van der Waals surface area contributed by atoms with Gasteiger partial charge in [0.15, 0.2) is 0 Å². The van der Waals surface area contributed by atoms with Gasteiger partial charge < -0.3 is 20.2 Å². The normalized spacial score (nSPS) is 19.8. The fraction of sp³-hybridized carbons (Fsp3) is 0.857. The number of hydrogen-bond acceptors (Lipinski definition) is 4. The van der Waals surface area contributed by atoms with Crippen molar-refractivity contribution in [1.82, 2.24) is 15.1 Å². The predicted octanol–water partition coefficient (Wildman–Crippen LogP) is 1.67. The van der Waals surface area contributed by atoms with Crippen LogP contribution in [-0.2, 0) is 4.79 Å². The number of hydrogen-bond donors (Lipinski definition) is 2. The average molecular weight is 317 g/mol. The molecule has 0 spiro atoms. The molecule has 2 unspecified atom stereocenters. The second-order valence-electron chi connectivity index (χ2n) is 5.34. The summed E-state index contributed by atoms with van der Waals surface area (Å²) < 4.78 is 0. The van der Waals surface area contributed by atoms with E-state index in [1.165, 1.54) is 16.7 Å². The molecule has 0 aromatic heterocycles. The largest absolute Gasteiger partial charge is 0.480 e. The molecule has 1 rings (SSSR count). The number of nitrogens with zero attached hydrogens (tertiary/aromatic N) is 2. The highest BCUT2D eigenvalue weighted by atomic mass is 32.2. The Bertz CT molecular complexity index is 350. The Labute approximate surface area is 131 Å². The molecule has 122 valence electrons. The van der Waals surface area contributed by atoms with Gasteiger partial charge in [-0.3, -0.25) is 0 Å². The maximum absolute atomic E-state index is 12.1. The topological polar surface area (TPSA) is 72.9 Å². The summed E-state index contributed by atoms with van der Waals surface area (Å²) in [5, 5.41) is 12.0. The lowest BCUT2D eigenvalue weighted by atomic mass is 10.2. The van der Waals surface area contributed by atoms with Crippen molar-refractivity contribution in [2.75, 3.05) is 31.3 Å². The third-order valence-electron chi connectivity index (χ3n) is 3.80. The molecule has 7 heteroatoms. The first-order valence-electron chi connectivity index (χ1n) is 7.59. The number of rotatable bonds is 8. The van der Waals surface area contributed by atoms with Crippen LogP contribution in [0.5, 0.6) is 0 Å². The highest BCUT2D eigenvalue weighted by Crippen LogP contribution is 2.21. The van der Waals surface area contributed by atoms with Gasteiger partial charge in [-0.05, 0) is 39.4 Å². The Balaban J connectivity index is 2.32. The van der Waals surface area contributed by atoms with Gasteiger partial charge in [0.1, 0.15) is 6.04 Å². The van der Waals surface area contributed by atoms with Gasteiger partial charge >= 0.3 is 12.0 Å². The van der Waals surface area contributed by atoms with Crippen LogP contribution in [0, 0.1) is 0 Å². The van der Waals surface area contributed by atoms with Crippen molar-refractivity contribution in [2.24, 2.45) is 0 Å². The van der Waals surface area contributed by atoms with Crippen LogP contribution in [-0.4, -0.2) is 70.3 Å². The molecule has 1 heterocycles. The van der Waals surface area contributed by atoms with Gasteiger partial charge in [-0.1, -0.05) is 13.8 Å². The monoisotopic (exact) mass is 317 g/mol. The Morgan fingerprint density at radius 2 is 2.10 bits per heavy atom. The first-order valence-corrected chi connectivity index (χ1v) is 8.75. The average Bonchev–Trinajstić information content (AvgIpc) is 2.93. The van der Waals surface area contributed by atoms with Crippen LogP contribution in [0.15, 0.2) is 0 Å². The molecule has 6 nitrogen and oxygen atoms in total. The van der Waals surface area contributed by atoms with Crippen molar-refractivity contribution >= 4 is 23.8 Å². The highest BCUT2D eigenvalue weighted by molar-refractivity contribution is 7.99. The number of nitrogens with one attached hydrogen (secondary N) is 1. The molecule has 21 heavy (non-hydrogen) atoms. The highest BCUT2D eigenvalue weighted by Gasteiger charge is 2.34. The van der Waals surface area contributed by atoms with Gasteiger partial charge in [0, 0.05) is 11.8 Å². The summed E-state index contributed by atoms with van der Waals surface area (Å²) in [7, 11) is 0. The van der Waals surface area contributed by atoms with E-state index in [0.29, 0.717) is 11.6 Å². The molecule has 1 fully saturated rings. The third-order valence-corrected chi connectivity index (χ3v) is 4.82. The Hall–Kier alpha value is -0.950. The van der Waals surface area contributed by atoms with Crippen molar-refractivity contribution in [2.45, 2.75) is 45.7 Å². The second-order valence-corrected chi connectivity index (χ2v) is 6.34. The van der Waals surface area contributed by atoms with E-state index in [0.717, 1.165) is 32.5 Å². The lowest BCUT2D eigenvalue weighted by Gasteiger charge is -2.24. The van der Waals surface area contributed by atoms with Crippen LogP contribution in [0.4, 0.5) is 4.79 Å². The molecule has 0 bridgehead atoms. The lowest BCUT2D eigenvalue weighted by Crippen LogP contribution is -2.49. The van der Waals surface area contributed by atoms with Crippen molar-refractivity contribution in [3.63, 3.8) is 0 Å². The van der Waals surface area contributed by atoms with E-state index in [4.69, 9.17) is 5.11 Å². The fourth-order valence-corrected chi connectivity index (χ4v) is 3.52. The number of carboxylic acid groups (broad SMARTS) is 1. The van der Waals surface area contributed by atoms with Crippen LogP contribution in [0.1, 0.15) is 33.6 Å². The summed E-state index contributed by atoms with van der Waals surface area (Å²) >= 11 is 1.48. The molecular weight excluding hydrogens is 290 g/mol. The minimum Gasteiger partial charge on any atom is -0.480 e. The number of aliphatic carboxylic acids is 1. The van der Waals surface area contributed by atoms with Crippen molar-refractivity contribution < 1.29 is 14.7 Å². The van der Waals surface area contributed by atoms with Gasteiger partial charge in [0.25, 0.3) is 0 Å². The minimum atomic E-state index is -0.927. The zero-order valence-electron chi connectivity index (χ0n) is 13.2. The summed E-state index contributed by atoms with van der Waals surface area (Å²) in [5.74, 6) is -0.00188. The molecule has 2 atom stereocenters. The minimum absolute atomic E-state index is 0.0631. The van der Waals surface area contributed by atoms with E-state index in [-0.39, 0.29) is 12.1 Å². The molecule has 1 aliphatic rings. The van der Waals surface area contributed by atoms with Crippen LogP contribution in [0.25, 0.3) is 0 Å². The molecule has 0 aromatic carbocycles. The molecular formula is C14H27N3O3S. The zero-order valence-corrected chi connectivity index (χ0v) is 14.0. The molecule has 2 amide bonds. The van der Waals surface area contributed by atoms with Crippen LogP contribution >= 0.6 is 11.8 Å². The smallest absolute Gasteiger partial charge is 0.327 e. The first-order chi connectivity index (χ1) is 9.99. The Morgan fingerprint density at radius 1 is 1.43 bits per heavy atom. The summed E-state index contributed by atoms with van der Waals surface area (Å²) in [6.45, 7) is 9.38. The van der Waals surface area contributed by atoms with Crippen LogP contribution in [0.2, 0.25) is 0 Å². The van der Waals surface area contributed by atoms with Gasteiger partial charge in [0.05, 0.1) is 5.88 Å². The van der Waals surface area contributed by atoms with Gasteiger partial charge in [0.2, 0.25) is 0 Å². The maximum Gasteiger partial charge on any atom is 0.327 e. The lowest BCUT2D eigenvalue weighted by molar-refractivity contribution is -0.140. The molecule has 1 saturated heterocycles. The Morgan fingerprint density at radius 3 is 2.67 bits per heavy atom. The molecule has 0 aromatic rings. The van der Waals surface area contributed by atoms with E-state index in [2.05, 4.69) is 24.1 Å². The summed E-state index contributed by atoms with van der Waals surface area (Å²) in [6.07, 6.45) is 1.93. The molecule has 2 N–H and O–H groups in total. The molecule has 0 aliphatic carbocycles. The Kier molecular flexibility index (Phi) is 7.88. The van der Waals surface area contributed by atoms with E-state index < -0.39 is 12.0 Å². The number of carboxylic acids is 1. The predicted molar refractivity (Wildman–Crippen MR) is 85.6 cm³/mol. The van der Waals surface area contributed by atoms with Gasteiger partial charge in [-0.25, -0.2) is 9.59 Å². The van der Waals surface area contributed by atoms with Gasteiger partial charge in [-0.2, -0.15) is 0 Å². The molecule has 0 saturated carbocycles. The quantitative estimate of drug-likeness (QED) is 0.712. The number of amides is 2. The van der Waals surface area contributed by atoms with E-state index >= 15 is 0 Å². The SMILES string of the molecule is CCN(CC)CCCC(C)NC(=O)N1CSCC1C(=O)O. The van der Waals surface area contributed by atoms with E-state index in [1.807, 2.05) is 6.92 Å². The summed E-state index contributed by atoms with van der Waals surface area (Å²) in [5.41, 5.74) is 0. The number of carbonyl (C=O) groups excluding carboxylic acids is 1. The van der Waals surface area contributed by atoms with Crippen molar-refractivity contribution in [3.8, 4) is 0 Å². The van der Waals surface area contributed by atoms with Crippen LogP contribution in [0.3, 0.4) is 0 Å².